The zero-order valence-electron chi connectivity index (χ0n) is 10.2. The van der Waals surface area contributed by atoms with E-state index in [-0.39, 0.29) is 11.8 Å². The summed E-state index contributed by atoms with van der Waals surface area (Å²) >= 11 is 5.07. The van der Waals surface area contributed by atoms with Crippen LogP contribution < -0.4 is 0 Å². The molecule has 0 saturated carbocycles. The number of fused-ring (bicyclic) bond motifs is 1. The van der Waals surface area contributed by atoms with Crippen LogP contribution in [0, 0.1) is 0 Å². The van der Waals surface area contributed by atoms with Crippen LogP contribution in [0.3, 0.4) is 0 Å². The Balaban J connectivity index is 1.92. The molecule has 0 saturated heterocycles. The van der Waals surface area contributed by atoms with Crippen molar-refractivity contribution in [3.63, 3.8) is 0 Å². The van der Waals surface area contributed by atoms with Gasteiger partial charge in [0, 0.05) is 6.54 Å². The largest absolute Gasteiger partial charge is 0.274 e. The maximum Gasteiger partial charge on any atom is 0.261 e. The molecule has 0 bridgehead atoms. The fourth-order valence-corrected chi connectivity index (χ4v) is 2.18. The lowest BCUT2D eigenvalue weighted by Gasteiger charge is -2.12. The number of carbonyl (C=O) groups is 2. The van der Waals surface area contributed by atoms with E-state index < -0.39 is 5.29 Å². The zero-order chi connectivity index (χ0) is 13.8. The average molecular weight is 282 g/mol. The summed E-state index contributed by atoms with van der Waals surface area (Å²) < 4.78 is 12.2. The van der Waals surface area contributed by atoms with Crippen molar-refractivity contribution in [2.24, 2.45) is 0 Å². The van der Waals surface area contributed by atoms with Crippen molar-refractivity contribution in [1.82, 2.24) is 4.90 Å². The molecule has 0 radical (unpaired) electrons. The summed E-state index contributed by atoms with van der Waals surface area (Å²) in [5, 5.41) is -0.722. The fraction of sp³-hybridized carbons (Fsp3) is 0.286. The molecule has 2 amide bonds. The molecular weight excluding hydrogens is 269 g/mol. The normalized spacial score (nSPS) is 15.1. The molecule has 3 nitrogen and oxygen atoms in total. The fourth-order valence-electron chi connectivity index (χ4n) is 2.07. The van der Waals surface area contributed by atoms with E-state index in [1.165, 1.54) is 11.0 Å². The van der Waals surface area contributed by atoms with E-state index in [0.717, 1.165) is 0 Å². The summed E-state index contributed by atoms with van der Waals surface area (Å²) in [6.45, 7) is 0.351. The molecule has 1 aromatic rings. The van der Waals surface area contributed by atoms with Gasteiger partial charge in [-0.15, -0.1) is 0 Å². The molecule has 0 atom stereocenters. The van der Waals surface area contributed by atoms with Gasteiger partial charge in [0.15, 0.2) is 5.29 Å². The van der Waals surface area contributed by atoms with Crippen LogP contribution in [0.1, 0.15) is 40.0 Å². The Morgan fingerprint density at radius 3 is 2.26 bits per heavy atom. The summed E-state index contributed by atoms with van der Waals surface area (Å²) in [6, 6.07) is 6.78. The monoisotopic (exact) mass is 281 g/mol. The Hall–Kier alpha value is -1.68. The van der Waals surface area contributed by atoms with Crippen LogP contribution in [0.25, 0.3) is 0 Å². The van der Waals surface area contributed by atoms with Gasteiger partial charge in [-0.25, -0.2) is 0 Å². The molecule has 1 aromatic carbocycles. The van der Waals surface area contributed by atoms with Gasteiger partial charge in [0.2, 0.25) is 0 Å². The number of hydrogen-bond acceptors (Lipinski definition) is 2. The van der Waals surface area contributed by atoms with Crippen LogP contribution in [-0.4, -0.2) is 23.3 Å². The number of rotatable bonds is 5. The van der Waals surface area contributed by atoms with Crippen molar-refractivity contribution in [3.8, 4) is 0 Å². The second-order valence-electron chi connectivity index (χ2n) is 4.30. The van der Waals surface area contributed by atoms with E-state index in [1.54, 1.807) is 24.3 Å². The third kappa shape index (κ3) is 3.01. The van der Waals surface area contributed by atoms with Crippen molar-refractivity contribution in [2.45, 2.75) is 19.3 Å². The van der Waals surface area contributed by atoms with Gasteiger partial charge in [-0.2, -0.15) is 4.39 Å². The van der Waals surface area contributed by atoms with Gasteiger partial charge in [0.1, 0.15) is 0 Å². The predicted octanol–water partition coefficient (Wildman–Crippen LogP) is 3.50. The van der Waals surface area contributed by atoms with Crippen molar-refractivity contribution in [1.29, 1.82) is 0 Å². The minimum Gasteiger partial charge on any atom is -0.274 e. The number of nitrogens with zero attached hydrogens (tertiary/aromatic N) is 1. The molecule has 2 rings (SSSR count). The van der Waals surface area contributed by atoms with Crippen LogP contribution in [0.5, 0.6) is 0 Å². The molecule has 0 aliphatic carbocycles. The van der Waals surface area contributed by atoms with Crippen LogP contribution >= 0.6 is 11.6 Å². The molecule has 1 aliphatic heterocycles. The molecule has 0 aromatic heterocycles. The summed E-state index contributed by atoms with van der Waals surface area (Å²) in [5.74, 6) is -0.501. The average Bonchev–Trinajstić information content (AvgIpc) is 2.63. The molecular formula is C14H13ClFNO2. The van der Waals surface area contributed by atoms with E-state index >= 15 is 0 Å². The zero-order valence-corrected chi connectivity index (χ0v) is 11.0. The number of imide groups is 1. The summed E-state index contributed by atoms with van der Waals surface area (Å²) in [4.78, 5) is 25.2. The van der Waals surface area contributed by atoms with Crippen molar-refractivity contribution < 1.29 is 14.0 Å². The highest BCUT2D eigenvalue weighted by atomic mass is 35.5. The van der Waals surface area contributed by atoms with Crippen LogP contribution in [0.15, 0.2) is 35.6 Å². The molecule has 100 valence electrons. The summed E-state index contributed by atoms with van der Waals surface area (Å²) in [5.41, 5.74) is 0.915. The highest BCUT2D eigenvalue weighted by Gasteiger charge is 2.34. The van der Waals surface area contributed by atoms with Gasteiger partial charge < -0.3 is 0 Å². The molecule has 5 heteroatoms. The lowest BCUT2D eigenvalue weighted by molar-refractivity contribution is 0.0652. The van der Waals surface area contributed by atoms with E-state index in [9.17, 15) is 14.0 Å². The van der Waals surface area contributed by atoms with E-state index in [0.29, 0.717) is 36.9 Å². The lowest BCUT2D eigenvalue weighted by Crippen LogP contribution is -2.30. The van der Waals surface area contributed by atoms with Gasteiger partial charge in [0.25, 0.3) is 11.8 Å². The Kier molecular flexibility index (Phi) is 4.32. The maximum absolute atomic E-state index is 12.2. The molecule has 0 fully saturated rings. The Bertz CT molecular complexity index is 503. The minimum atomic E-state index is -0.722. The summed E-state index contributed by atoms with van der Waals surface area (Å²) in [7, 11) is 0. The minimum absolute atomic E-state index is 0.250. The molecule has 0 N–H and O–H groups in total. The first-order valence-corrected chi connectivity index (χ1v) is 6.45. The standard InChI is InChI=1S/C14H13ClFNO2/c15-12(16)8-2-1-5-9-17-13(18)10-6-3-4-7-11(10)14(17)19/h3-4,6-8H,1-2,5,9H2/b12-8-. The second kappa shape index (κ2) is 5.97. The van der Waals surface area contributed by atoms with Crippen LogP contribution in [-0.2, 0) is 0 Å². The van der Waals surface area contributed by atoms with Crippen molar-refractivity contribution in [3.05, 3.63) is 46.8 Å². The summed E-state index contributed by atoms with van der Waals surface area (Å²) in [6.07, 6.45) is 3.09. The first-order valence-electron chi connectivity index (χ1n) is 6.07. The van der Waals surface area contributed by atoms with Crippen LogP contribution in [0.4, 0.5) is 4.39 Å². The molecule has 1 heterocycles. The lowest BCUT2D eigenvalue weighted by atomic mass is 10.1. The second-order valence-corrected chi connectivity index (χ2v) is 4.66. The predicted molar refractivity (Wildman–Crippen MR) is 70.7 cm³/mol. The molecule has 0 spiro atoms. The smallest absolute Gasteiger partial charge is 0.261 e. The molecule has 19 heavy (non-hydrogen) atoms. The molecule has 0 unspecified atom stereocenters. The molecule has 1 aliphatic rings. The van der Waals surface area contributed by atoms with E-state index in [2.05, 4.69) is 0 Å². The number of benzene rings is 1. The third-order valence-corrected chi connectivity index (χ3v) is 3.17. The van der Waals surface area contributed by atoms with Gasteiger partial charge in [-0.05, 0) is 37.5 Å². The first kappa shape index (κ1) is 13.7. The Labute approximate surface area is 115 Å². The van der Waals surface area contributed by atoms with Gasteiger partial charge >= 0.3 is 0 Å². The quantitative estimate of drug-likeness (QED) is 0.612. The SMILES string of the molecule is O=C1c2ccccc2C(=O)N1CCCC/C=C(\F)Cl. The number of amides is 2. The number of hydrogen-bond donors (Lipinski definition) is 0. The van der Waals surface area contributed by atoms with Gasteiger partial charge in [0.05, 0.1) is 11.1 Å². The first-order chi connectivity index (χ1) is 9.11. The highest BCUT2D eigenvalue weighted by Crippen LogP contribution is 2.22. The Morgan fingerprint density at radius 2 is 1.74 bits per heavy atom. The van der Waals surface area contributed by atoms with Crippen molar-refractivity contribution in [2.75, 3.05) is 6.54 Å². The van der Waals surface area contributed by atoms with E-state index in [1.807, 2.05) is 0 Å². The number of allylic oxidation sites excluding steroid dienone is 1. The van der Waals surface area contributed by atoms with Gasteiger partial charge in [-0.1, -0.05) is 23.7 Å². The number of unbranched alkanes of at least 4 members (excludes halogenated alkanes) is 2. The van der Waals surface area contributed by atoms with Gasteiger partial charge in [-0.3, -0.25) is 14.5 Å². The van der Waals surface area contributed by atoms with Crippen LogP contribution in [0.2, 0.25) is 0 Å². The maximum atomic E-state index is 12.2. The third-order valence-electron chi connectivity index (χ3n) is 3.01. The number of halogens is 2. The van der Waals surface area contributed by atoms with E-state index in [4.69, 9.17) is 11.6 Å². The number of carbonyl (C=O) groups excluding carboxylic acids is 2. The Morgan fingerprint density at radius 1 is 1.16 bits per heavy atom. The topological polar surface area (TPSA) is 37.4 Å². The van der Waals surface area contributed by atoms with Crippen molar-refractivity contribution >= 4 is 23.4 Å². The highest BCUT2D eigenvalue weighted by molar-refractivity contribution is 6.28.